The van der Waals surface area contributed by atoms with Crippen LogP contribution in [0.25, 0.3) is 0 Å². The van der Waals surface area contributed by atoms with Gasteiger partial charge in [-0.3, -0.25) is 4.74 Å². The van der Waals surface area contributed by atoms with Crippen LogP contribution in [0.1, 0.15) is 125 Å². The van der Waals surface area contributed by atoms with Crippen LogP contribution in [-0.4, -0.2) is 11.8 Å². The molecule has 2 aliphatic heterocycles. The van der Waals surface area contributed by atoms with Gasteiger partial charge in [0, 0.05) is 11.8 Å². The fourth-order valence-electron chi connectivity index (χ4n) is 5.87. The number of alkyl halides is 2. The lowest BCUT2D eigenvalue weighted by Gasteiger charge is -2.41. The van der Waals surface area contributed by atoms with Gasteiger partial charge in [0.1, 0.15) is 11.5 Å². The average Bonchev–Trinajstić information content (AvgIpc) is 2.86. The van der Waals surface area contributed by atoms with Gasteiger partial charge in [-0.2, -0.15) is 0 Å². The molecule has 4 unspecified atom stereocenters. The zero-order valence-corrected chi connectivity index (χ0v) is 25.4. The first-order valence-corrected chi connectivity index (χ1v) is 14.9. The van der Waals surface area contributed by atoms with Crippen LogP contribution >= 0.6 is 23.2 Å². The molecule has 2 aromatic carbocycles. The molecule has 2 aromatic rings. The molecule has 0 amide bonds. The van der Waals surface area contributed by atoms with E-state index < -0.39 is 12.6 Å². The quantitative estimate of drug-likeness (QED) is 0.277. The Morgan fingerprint density at radius 2 is 1.08 bits per heavy atom. The Labute approximate surface area is 234 Å². The maximum Gasteiger partial charge on any atom is 0.233 e. The molecule has 2 bridgehead atoms. The van der Waals surface area contributed by atoms with Gasteiger partial charge in [-0.25, -0.2) is 0 Å². The third-order valence-electron chi connectivity index (χ3n) is 9.11. The lowest BCUT2D eigenvalue weighted by Crippen LogP contribution is -2.32. The summed E-state index contributed by atoms with van der Waals surface area (Å²) in [7, 11) is 0. The zero-order chi connectivity index (χ0) is 27.1. The van der Waals surface area contributed by atoms with Crippen molar-refractivity contribution in [1.29, 1.82) is 0 Å². The highest BCUT2D eigenvalue weighted by Crippen LogP contribution is 2.52. The number of hydrogen-bond donors (Lipinski definition) is 0. The minimum absolute atomic E-state index is 0.135. The van der Waals surface area contributed by atoms with Gasteiger partial charge in [0.2, 0.25) is 12.6 Å². The Hall–Kier alpha value is -1.42. The zero-order valence-electron chi connectivity index (χ0n) is 23.8. The summed E-state index contributed by atoms with van der Waals surface area (Å²) in [5.41, 5.74) is 7.06. The molecule has 0 aromatic heterocycles. The highest BCUT2D eigenvalue weighted by molar-refractivity contribution is 6.18. The summed E-state index contributed by atoms with van der Waals surface area (Å²) >= 11 is 12.0. The molecule has 5 heteroatoms. The van der Waals surface area contributed by atoms with Gasteiger partial charge < -0.3 is 9.47 Å². The first kappa shape index (κ1) is 28.6. The van der Waals surface area contributed by atoms with Crippen LogP contribution in [0.2, 0.25) is 0 Å². The first-order valence-electron chi connectivity index (χ1n) is 13.8. The van der Waals surface area contributed by atoms with Crippen LogP contribution in [0, 0.1) is 24.7 Å². The summed E-state index contributed by atoms with van der Waals surface area (Å²) < 4.78 is 19.5. The molecular weight excluding hydrogens is 503 g/mol. The van der Waals surface area contributed by atoms with E-state index in [-0.39, 0.29) is 10.8 Å². The fraction of sp³-hybridized carbons (Fsp3) is 0.625. The number of halogens is 2. The van der Waals surface area contributed by atoms with Gasteiger partial charge in [0.05, 0.1) is 11.1 Å². The van der Waals surface area contributed by atoms with Crippen LogP contribution in [0.15, 0.2) is 24.3 Å². The monoisotopic (exact) mass is 546 g/mol. The minimum Gasteiger partial charge on any atom is -0.459 e. The van der Waals surface area contributed by atoms with E-state index in [1.165, 1.54) is 11.1 Å². The van der Waals surface area contributed by atoms with Crippen molar-refractivity contribution >= 4 is 23.2 Å². The molecule has 2 heterocycles. The number of hydrogen-bond acceptors (Lipinski definition) is 3. The second-order valence-corrected chi connectivity index (χ2v) is 13.3. The van der Waals surface area contributed by atoms with Gasteiger partial charge in [-0.15, -0.1) is 23.2 Å². The van der Waals surface area contributed by atoms with E-state index >= 15 is 0 Å². The van der Waals surface area contributed by atoms with E-state index in [2.05, 4.69) is 79.7 Å². The van der Waals surface area contributed by atoms with E-state index in [0.717, 1.165) is 59.4 Å². The topological polar surface area (TPSA) is 27.7 Å². The Balaban J connectivity index is 1.65. The molecule has 37 heavy (non-hydrogen) atoms. The summed E-state index contributed by atoms with van der Waals surface area (Å²) in [6, 6.07) is 9.01. The predicted octanol–water partition coefficient (Wildman–Crippen LogP) is 10.1. The van der Waals surface area contributed by atoms with Gasteiger partial charge in [-0.1, -0.05) is 53.7 Å². The molecule has 0 spiro atoms. The van der Waals surface area contributed by atoms with Crippen LogP contribution in [0.5, 0.6) is 11.5 Å². The molecule has 0 fully saturated rings. The average molecular weight is 548 g/mol. The van der Waals surface area contributed by atoms with Gasteiger partial charge in [0.25, 0.3) is 0 Å². The fourth-order valence-corrected chi connectivity index (χ4v) is 6.14. The lowest BCUT2D eigenvalue weighted by molar-refractivity contribution is -0.228. The lowest BCUT2D eigenvalue weighted by atomic mass is 9.72. The maximum absolute atomic E-state index is 6.55. The molecule has 2 aliphatic rings. The summed E-state index contributed by atoms with van der Waals surface area (Å²) in [6.07, 6.45) is 3.25. The van der Waals surface area contributed by atoms with Crippen molar-refractivity contribution in [3.05, 3.63) is 57.6 Å². The first-order chi connectivity index (χ1) is 17.4. The Bertz CT molecular complexity index is 1040. The molecule has 3 nitrogen and oxygen atoms in total. The van der Waals surface area contributed by atoms with E-state index in [0.29, 0.717) is 23.6 Å². The van der Waals surface area contributed by atoms with Gasteiger partial charge in [0.15, 0.2) is 0 Å². The molecule has 0 saturated heterocycles. The van der Waals surface area contributed by atoms with Crippen LogP contribution in [0.3, 0.4) is 0 Å². The SMILES string of the molecule is Cc1cc(C(C)C(C)(C)CCCCl)cc2c1OC1OC2Oc2c(C)cc(C(C)C(C)(C)CCCCl)cc21. The van der Waals surface area contributed by atoms with Crippen LogP contribution in [0.4, 0.5) is 0 Å². The molecule has 204 valence electrons. The third-order valence-corrected chi connectivity index (χ3v) is 9.64. The van der Waals surface area contributed by atoms with Crippen LogP contribution < -0.4 is 9.47 Å². The van der Waals surface area contributed by atoms with E-state index in [9.17, 15) is 0 Å². The van der Waals surface area contributed by atoms with Gasteiger partial charge >= 0.3 is 0 Å². The van der Waals surface area contributed by atoms with E-state index in [1.54, 1.807) is 0 Å². The molecule has 4 atom stereocenters. The minimum atomic E-state index is -0.472. The van der Waals surface area contributed by atoms with Crippen molar-refractivity contribution in [2.24, 2.45) is 10.8 Å². The molecular formula is C32H44Cl2O3. The number of ether oxygens (including phenoxy) is 3. The van der Waals surface area contributed by atoms with Crippen molar-refractivity contribution in [2.45, 2.75) is 105 Å². The largest absolute Gasteiger partial charge is 0.459 e. The molecule has 0 N–H and O–H groups in total. The molecule has 0 saturated carbocycles. The Kier molecular flexibility index (Phi) is 8.49. The van der Waals surface area contributed by atoms with Crippen molar-refractivity contribution < 1.29 is 14.2 Å². The normalized spacial score (nSPS) is 20.4. The summed E-state index contributed by atoms with van der Waals surface area (Å²) in [4.78, 5) is 0. The number of rotatable bonds is 10. The molecule has 0 aliphatic carbocycles. The van der Waals surface area contributed by atoms with Crippen molar-refractivity contribution in [3.8, 4) is 11.5 Å². The standard InChI is InChI=1S/C32H44Cl2O3/c1-19-15-23(21(3)31(5,6)11-9-13-33)17-25-27(19)35-30-26-18-24(22(4)32(7,8)12-10-14-34)16-20(2)28(26)36-29(25)37-30/h15-18,21-22,29-30H,9-14H2,1-8H3. The predicted molar refractivity (Wildman–Crippen MR) is 154 cm³/mol. The van der Waals surface area contributed by atoms with Crippen molar-refractivity contribution in [3.63, 3.8) is 0 Å². The van der Waals surface area contributed by atoms with Crippen LogP contribution in [-0.2, 0) is 4.74 Å². The van der Waals surface area contributed by atoms with Crippen molar-refractivity contribution in [1.82, 2.24) is 0 Å². The molecule has 4 rings (SSSR count). The summed E-state index contributed by atoms with van der Waals surface area (Å²) in [5.74, 6) is 3.90. The van der Waals surface area contributed by atoms with Gasteiger partial charge in [-0.05, 0) is 96.6 Å². The number of aryl methyl sites for hydroxylation is 2. The maximum atomic E-state index is 6.55. The molecule has 0 radical (unpaired) electrons. The Morgan fingerprint density at radius 3 is 1.43 bits per heavy atom. The second kappa shape index (κ2) is 11.0. The number of fused-ring (bicyclic) bond motifs is 6. The second-order valence-electron chi connectivity index (χ2n) is 12.6. The summed E-state index contributed by atoms with van der Waals surface area (Å²) in [5, 5.41) is 0. The van der Waals surface area contributed by atoms with E-state index in [1.807, 2.05) is 0 Å². The third kappa shape index (κ3) is 5.65. The smallest absolute Gasteiger partial charge is 0.233 e. The highest BCUT2D eigenvalue weighted by Gasteiger charge is 2.41. The number of benzene rings is 2. The highest BCUT2D eigenvalue weighted by atomic mass is 35.5. The van der Waals surface area contributed by atoms with E-state index in [4.69, 9.17) is 37.4 Å². The summed E-state index contributed by atoms with van der Waals surface area (Å²) in [6.45, 7) is 18.2. The Morgan fingerprint density at radius 1 is 0.703 bits per heavy atom. The van der Waals surface area contributed by atoms with Crippen molar-refractivity contribution in [2.75, 3.05) is 11.8 Å².